The van der Waals surface area contributed by atoms with Crippen LogP contribution in [-0.4, -0.2) is 13.1 Å². The molecule has 0 saturated carbocycles. The highest BCUT2D eigenvalue weighted by Gasteiger charge is 2.39. The van der Waals surface area contributed by atoms with Crippen molar-refractivity contribution in [1.29, 1.82) is 0 Å². The Bertz CT molecular complexity index is 896. The van der Waals surface area contributed by atoms with Gasteiger partial charge in [0.25, 0.3) is 0 Å². The lowest BCUT2D eigenvalue weighted by Crippen LogP contribution is -2.33. The van der Waals surface area contributed by atoms with Gasteiger partial charge in [0.2, 0.25) is 0 Å². The molecule has 3 aliphatic carbocycles. The van der Waals surface area contributed by atoms with Crippen LogP contribution in [0.25, 0.3) is 6.08 Å². The van der Waals surface area contributed by atoms with Crippen molar-refractivity contribution in [2.24, 2.45) is 0 Å². The topological polar surface area (TPSA) is 12.9 Å². The first-order chi connectivity index (χ1) is 11.4. The Morgan fingerprint density at radius 3 is 2.71 bits per heavy atom. The first kappa shape index (κ1) is 16.0. The zero-order valence-corrected chi connectivity index (χ0v) is 17.2. The predicted octanol–water partition coefficient (Wildman–Crippen LogP) is 6.27. The molecule has 1 atom stereocenters. The summed E-state index contributed by atoms with van der Waals surface area (Å²) in [6, 6.07) is 4.27. The summed E-state index contributed by atoms with van der Waals surface area (Å²) >= 11 is 3.53. The fourth-order valence-corrected chi connectivity index (χ4v) is 8.13. The van der Waals surface area contributed by atoms with Crippen molar-refractivity contribution in [3.63, 3.8) is 0 Å². The van der Waals surface area contributed by atoms with Crippen molar-refractivity contribution in [3.8, 4) is 0 Å². The van der Waals surface area contributed by atoms with Crippen molar-refractivity contribution in [3.05, 3.63) is 79.4 Å². The smallest absolute Gasteiger partial charge is 0.109 e. The summed E-state index contributed by atoms with van der Waals surface area (Å²) in [4.78, 5) is 4.74. The molecule has 0 fully saturated rings. The van der Waals surface area contributed by atoms with Gasteiger partial charge in [-0.1, -0.05) is 61.2 Å². The minimum atomic E-state index is -1.65. The summed E-state index contributed by atoms with van der Waals surface area (Å²) in [6.07, 6.45) is 12.7. The SMILES string of the molecule is CC1=C([Si](C)(C)C2=CC=CC2)C2=Cc3nc(Br)ccc3C(C)C2=C1. The minimum Gasteiger partial charge on any atom is -0.241 e. The van der Waals surface area contributed by atoms with E-state index in [-0.39, 0.29) is 0 Å². The van der Waals surface area contributed by atoms with E-state index in [1.165, 1.54) is 22.3 Å². The quantitative estimate of drug-likeness (QED) is 0.424. The number of hydrogen-bond acceptors (Lipinski definition) is 1. The van der Waals surface area contributed by atoms with Crippen LogP contribution in [0.3, 0.4) is 0 Å². The largest absolute Gasteiger partial charge is 0.241 e. The van der Waals surface area contributed by atoms with Gasteiger partial charge in [-0.15, -0.1) is 0 Å². The zero-order chi connectivity index (χ0) is 17.1. The van der Waals surface area contributed by atoms with Gasteiger partial charge in [-0.3, -0.25) is 0 Å². The second kappa shape index (κ2) is 5.53. The van der Waals surface area contributed by atoms with Crippen molar-refractivity contribution < 1.29 is 0 Å². The van der Waals surface area contributed by atoms with E-state index in [4.69, 9.17) is 4.98 Å². The molecule has 0 aliphatic heterocycles. The predicted molar refractivity (Wildman–Crippen MR) is 108 cm³/mol. The molecule has 122 valence electrons. The van der Waals surface area contributed by atoms with Crippen LogP contribution in [0, 0.1) is 0 Å². The Labute approximate surface area is 153 Å². The molecule has 3 heteroatoms. The van der Waals surface area contributed by atoms with E-state index in [0.717, 1.165) is 16.7 Å². The van der Waals surface area contributed by atoms with Gasteiger partial charge in [0.15, 0.2) is 0 Å². The summed E-state index contributed by atoms with van der Waals surface area (Å²) in [5.74, 6) is 0.411. The summed E-state index contributed by atoms with van der Waals surface area (Å²) in [7, 11) is -1.65. The molecule has 1 heterocycles. The van der Waals surface area contributed by atoms with Crippen LogP contribution in [0.4, 0.5) is 0 Å². The van der Waals surface area contributed by atoms with Crippen LogP contribution in [0.2, 0.25) is 13.1 Å². The molecule has 0 saturated heterocycles. The average molecular weight is 396 g/mol. The van der Waals surface area contributed by atoms with Crippen molar-refractivity contribution in [2.75, 3.05) is 0 Å². The van der Waals surface area contributed by atoms with E-state index in [0.29, 0.717) is 5.92 Å². The first-order valence-electron chi connectivity index (χ1n) is 8.57. The Morgan fingerprint density at radius 2 is 2.00 bits per heavy atom. The van der Waals surface area contributed by atoms with Gasteiger partial charge in [-0.2, -0.15) is 0 Å². The van der Waals surface area contributed by atoms with Gasteiger partial charge in [0.1, 0.15) is 12.7 Å². The highest BCUT2D eigenvalue weighted by Crippen LogP contribution is 2.49. The van der Waals surface area contributed by atoms with E-state index in [2.05, 4.69) is 85.4 Å². The number of rotatable bonds is 2. The van der Waals surface area contributed by atoms with Crippen LogP contribution in [0.15, 0.2) is 68.2 Å². The van der Waals surface area contributed by atoms with Gasteiger partial charge in [-0.25, -0.2) is 4.98 Å². The number of hydrogen-bond donors (Lipinski definition) is 0. The molecular formula is C21H22BrNSi. The van der Waals surface area contributed by atoms with E-state index in [9.17, 15) is 0 Å². The summed E-state index contributed by atoms with van der Waals surface area (Å²) in [5.41, 5.74) is 6.84. The third-order valence-electron chi connectivity index (χ3n) is 5.68. The lowest BCUT2D eigenvalue weighted by molar-refractivity contribution is 0.884. The molecular weight excluding hydrogens is 374 g/mol. The maximum Gasteiger partial charge on any atom is 0.109 e. The van der Waals surface area contributed by atoms with Crippen LogP contribution in [0.1, 0.15) is 37.4 Å². The highest BCUT2D eigenvalue weighted by atomic mass is 79.9. The molecule has 0 aromatic carbocycles. The highest BCUT2D eigenvalue weighted by molar-refractivity contribution is 9.10. The number of pyridine rings is 1. The maximum atomic E-state index is 4.74. The maximum absolute atomic E-state index is 4.74. The van der Waals surface area contributed by atoms with Gasteiger partial charge in [-0.05, 0) is 63.3 Å². The standard InChI is InChI=1S/C21H22BrNSi/c1-13-11-17-14(2)16-9-10-20(22)23-19(16)12-18(17)21(13)24(3,4)15-7-5-6-8-15/h5-7,9-12,14H,8H2,1-4H3. The monoisotopic (exact) mass is 395 g/mol. The van der Waals surface area contributed by atoms with Crippen molar-refractivity contribution in [1.82, 2.24) is 4.98 Å². The Balaban J connectivity index is 1.86. The normalized spacial score (nSPS) is 22.2. The number of halogens is 1. The second-order valence-electron chi connectivity index (χ2n) is 7.50. The molecule has 1 nitrogen and oxygen atoms in total. The van der Waals surface area contributed by atoms with Gasteiger partial charge in [0.05, 0.1) is 5.69 Å². The van der Waals surface area contributed by atoms with E-state index in [1.807, 2.05) is 0 Å². The molecule has 24 heavy (non-hydrogen) atoms. The van der Waals surface area contributed by atoms with Gasteiger partial charge >= 0.3 is 0 Å². The van der Waals surface area contributed by atoms with Gasteiger partial charge in [0, 0.05) is 5.92 Å². The van der Waals surface area contributed by atoms with E-state index in [1.54, 1.807) is 10.4 Å². The molecule has 0 bridgehead atoms. The van der Waals surface area contributed by atoms with Crippen molar-refractivity contribution >= 4 is 30.1 Å². The number of allylic oxidation sites excluding steroid dienone is 9. The van der Waals surface area contributed by atoms with Gasteiger partial charge < -0.3 is 0 Å². The molecule has 0 spiro atoms. The molecule has 1 aromatic heterocycles. The van der Waals surface area contributed by atoms with Crippen LogP contribution in [0.5, 0.6) is 0 Å². The van der Waals surface area contributed by atoms with Crippen molar-refractivity contribution in [2.45, 2.75) is 39.3 Å². The lowest BCUT2D eigenvalue weighted by atomic mass is 9.83. The number of aromatic nitrogens is 1. The summed E-state index contributed by atoms with van der Waals surface area (Å²) in [5, 5.41) is 3.24. The molecule has 0 amide bonds. The zero-order valence-electron chi connectivity index (χ0n) is 14.7. The molecule has 3 aliphatic rings. The average Bonchev–Trinajstić information content (AvgIpc) is 3.15. The molecule has 1 unspecified atom stereocenters. The Kier molecular flexibility index (Phi) is 3.70. The molecule has 0 N–H and O–H groups in total. The lowest BCUT2D eigenvalue weighted by Gasteiger charge is -2.32. The summed E-state index contributed by atoms with van der Waals surface area (Å²) < 4.78 is 0.914. The van der Waals surface area contributed by atoms with E-state index >= 15 is 0 Å². The van der Waals surface area contributed by atoms with E-state index < -0.39 is 8.07 Å². The summed E-state index contributed by atoms with van der Waals surface area (Å²) in [6.45, 7) is 9.60. The number of fused-ring (bicyclic) bond motifs is 2. The third kappa shape index (κ3) is 2.29. The first-order valence-corrected chi connectivity index (χ1v) is 12.4. The van der Waals surface area contributed by atoms with Crippen LogP contribution >= 0.6 is 15.9 Å². The minimum absolute atomic E-state index is 0.411. The van der Waals surface area contributed by atoms with Crippen LogP contribution in [-0.2, 0) is 0 Å². The Hall–Kier alpha value is -1.45. The van der Waals surface area contributed by atoms with Crippen LogP contribution < -0.4 is 0 Å². The third-order valence-corrected chi connectivity index (χ3v) is 10.0. The fourth-order valence-electron chi connectivity index (χ4n) is 4.40. The fraction of sp³-hybridized carbons (Fsp3) is 0.286. The second-order valence-corrected chi connectivity index (χ2v) is 12.7. The molecule has 0 radical (unpaired) electrons. The molecule has 4 rings (SSSR count). The molecule has 1 aromatic rings. The Morgan fingerprint density at radius 1 is 1.21 bits per heavy atom. The number of nitrogens with zero attached hydrogens (tertiary/aromatic N) is 1.